The van der Waals surface area contributed by atoms with E-state index in [0.717, 1.165) is 19.3 Å². The number of carbonyl (C=O) groups excluding carboxylic acids is 1. The van der Waals surface area contributed by atoms with Gasteiger partial charge in [-0.05, 0) is 37.0 Å². The minimum atomic E-state index is 0.159. The van der Waals surface area contributed by atoms with Gasteiger partial charge in [0, 0.05) is 5.92 Å². The summed E-state index contributed by atoms with van der Waals surface area (Å²) in [7, 11) is 1.62. The van der Waals surface area contributed by atoms with Gasteiger partial charge in [-0.15, -0.1) is 0 Å². The predicted molar refractivity (Wildman–Crippen MR) is 65.6 cm³/mol. The number of carbonyl (C=O) groups is 1. The Morgan fingerprint density at radius 2 is 2.12 bits per heavy atom. The molecule has 0 amide bonds. The lowest BCUT2D eigenvalue weighted by Crippen LogP contribution is -2.13. The third-order valence-corrected chi connectivity index (χ3v) is 3.04. The minimum absolute atomic E-state index is 0.159. The fraction of sp³-hybridized carbons (Fsp3) is 0.500. The van der Waals surface area contributed by atoms with Crippen LogP contribution in [0.25, 0.3) is 0 Å². The van der Waals surface area contributed by atoms with Gasteiger partial charge in [-0.3, -0.25) is 4.79 Å². The van der Waals surface area contributed by atoms with Crippen molar-refractivity contribution in [1.82, 2.24) is 0 Å². The second kappa shape index (κ2) is 5.21. The Labute approximate surface area is 102 Å². The molecule has 0 radical (unpaired) electrons. The van der Waals surface area contributed by atoms with Crippen molar-refractivity contribution in [2.24, 2.45) is 5.92 Å². The normalized spacial score (nSPS) is 14.5. The highest BCUT2D eigenvalue weighted by atomic mass is 16.5. The van der Waals surface area contributed by atoms with Crippen LogP contribution in [0.3, 0.4) is 0 Å². The second-order valence-electron chi connectivity index (χ2n) is 4.37. The molecule has 1 aromatic carbocycles. The molecule has 3 heteroatoms. The first-order chi connectivity index (χ1) is 8.24. The number of aryl methyl sites for hydroxylation is 1. The van der Waals surface area contributed by atoms with Crippen LogP contribution in [0, 0.1) is 5.92 Å². The Morgan fingerprint density at radius 3 is 2.71 bits per heavy atom. The lowest BCUT2D eigenvalue weighted by Gasteiger charge is -2.11. The molecular weight excluding hydrogens is 216 g/mol. The number of hydrogen-bond acceptors (Lipinski definition) is 3. The Balaban J connectivity index is 2.01. The van der Waals surface area contributed by atoms with Crippen molar-refractivity contribution < 1.29 is 14.3 Å². The molecule has 17 heavy (non-hydrogen) atoms. The zero-order valence-corrected chi connectivity index (χ0v) is 10.4. The van der Waals surface area contributed by atoms with Crippen LogP contribution < -0.4 is 9.47 Å². The number of ether oxygens (including phenoxy) is 2. The lowest BCUT2D eigenvalue weighted by molar-refractivity contribution is -0.122. The summed E-state index contributed by atoms with van der Waals surface area (Å²) in [6, 6.07) is 5.83. The molecule has 1 aromatic rings. The van der Waals surface area contributed by atoms with E-state index < -0.39 is 0 Å². The summed E-state index contributed by atoms with van der Waals surface area (Å²) in [5.74, 6) is 1.80. The first-order valence-electron chi connectivity index (χ1n) is 6.07. The monoisotopic (exact) mass is 234 g/mol. The summed E-state index contributed by atoms with van der Waals surface area (Å²) in [5, 5.41) is 0. The van der Waals surface area contributed by atoms with E-state index >= 15 is 0 Å². The fourth-order valence-electron chi connectivity index (χ4n) is 1.72. The molecule has 1 aliphatic carbocycles. The van der Waals surface area contributed by atoms with E-state index in [1.807, 2.05) is 18.2 Å². The quantitative estimate of drug-likeness (QED) is 0.759. The van der Waals surface area contributed by atoms with Gasteiger partial charge >= 0.3 is 0 Å². The maximum Gasteiger partial charge on any atom is 0.173 e. The van der Waals surface area contributed by atoms with Crippen LogP contribution in [-0.2, 0) is 11.2 Å². The van der Waals surface area contributed by atoms with Gasteiger partial charge in [-0.1, -0.05) is 13.0 Å². The number of methoxy groups -OCH3 is 1. The molecule has 1 fully saturated rings. The summed E-state index contributed by atoms with van der Waals surface area (Å²) < 4.78 is 10.8. The van der Waals surface area contributed by atoms with Gasteiger partial charge in [-0.2, -0.15) is 0 Å². The van der Waals surface area contributed by atoms with Gasteiger partial charge in [0.2, 0.25) is 0 Å². The van der Waals surface area contributed by atoms with E-state index in [1.54, 1.807) is 7.11 Å². The first-order valence-corrected chi connectivity index (χ1v) is 6.07. The number of benzene rings is 1. The molecule has 0 unspecified atom stereocenters. The summed E-state index contributed by atoms with van der Waals surface area (Å²) in [6.45, 7) is 2.25. The van der Waals surface area contributed by atoms with Crippen molar-refractivity contribution >= 4 is 5.78 Å². The molecule has 1 aliphatic rings. The van der Waals surface area contributed by atoms with E-state index in [-0.39, 0.29) is 18.3 Å². The predicted octanol–water partition coefficient (Wildman–Crippen LogP) is 2.62. The van der Waals surface area contributed by atoms with E-state index in [0.29, 0.717) is 11.5 Å². The third kappa shape index (κ3) is 2.99. The first kappa shape index (κ1) is 12.0. The van der Waals surface area contributed by atoms with Crippen molar-refractivity contribution in [3.05, 3.63) is 23.8 Å². The standard InChI is InChI=1S/C14H18O3/c1-3-10-4-7-13(14(8-10)16-2)17-9-12(15)11-5-6-11/h4,7-8,11H,3,5-6,9H2,1-2H3. The zero-order valence-electron chi connectivity index (χ0n) is 10.4. The van der Waals surface area contributed by atoms with E-state index in [1.165, 1.54) is 5.56 Å². The Bertz CT molecular complexity index is 408. The Hall–Kier alpha value is -1.51. The fourth-order valence-corrected chi connectivity index (χ4v) is 1.72. The average Bonchev–Trinajstić information content (AvgIpc) is 3.19. The summed E-state index contributed by atoms with van der Waals surface area (Å²) >= 11 is 0. The Morgan fingerprint density at radius 1 is 1.35 bits per heavy atom. The number of ketones is 1. The van der Waals surface area contributed by atoms with E-state index in [9.17, 15) is 4.79 Å². The number of rotatable bonds is 6. The average molecular weight is 234 g/mol. The van der Waals surface area contributed by atoms with Gasteiger partial charge in [0.1, 0.15) is 6.61 Å². The molecule has 0 spiro atoms. The number of hydrogen-bond donors (Lipinski definition) is 0. The smallest absolute Gasteiger partial charge is 0.173 e. The van der Waals surface area contributed by atoms with Crippen LogP contribution in [0.15, 0.2) is 18.2 Å². The molecule has 92 valence electrons. The van der Waals surface area contributed by atoms with Crippen molar-refractivity contribution in [1.29, 1.82) is 0 Å². The third-order valence-electron chi connectivity index (χ3n) is 3.04. The topological polar surface area (TPSA) is 35.5 Å². The number of Topliss-reactive ketones (excluding diaryl/α,β-unsaturated/α-hetero) is 1. The van der Waals surface area contributed by atoms with Gasteiger partial charge < -0.3 is 9.47 Å². The zero-order chi connectivity index (χ0) is 12.3. The molecule has 0 saturated heterocycles. The molecule has 0 atom stereocenters. The highest BCUT2D eigenvalue weighted by molar-refractivity contribution is 5.84. The van der Waals surface area contributed by atoms with Crippen LogP contribution in [0.1, 0.15) is 25.3 Å². The molecule has 0 bridgehead atoms. The lowest BCUT2D eigenvalue weighted by atomic mass is 10.1. The molecule has 0 heterocycles. The van der Waals surface area contributed by atoms with Crippen LogP contribution in [-0.4, -0.2) is 19.5 Å². The summed E-state index contributed by atoms with van der Waals surface area (Å²) in [6.07, 6.45) is 3.00. The van der Waals surface area contributed by atoms with Crippen molar-refractivity contribution in [3.8, 4) is 11.5 Å². The SMILES string of the molecule is CCc1ccc(OCC(=O)C2CC2)c(OC)c1. The van der Waals surface area contributed by atoms with Crippen molar-refractivity contribution in [2.45, 2.75) is 26.2 Å². The molecule has 0 aromatic heterocycles. The van der Waals surface area contributed by atoms with Crippen LogP contribution >= 0.6 is 0 Å². The van der Waals surface area contributed by atoms with Crippen molar-refractivity contribution in [2.75, 3.05) is 13.7 Å². The van der Waals surface area contributed by atoms with Gasteiger partial charge in [0.15, 0.2) is 17.3 Å². The van der Waals surface area contributed by atoms with Crippen LogP contribution in [0.4, 0.5) is 0 Å². The maximum absolute atomic E-state index is 11.5. The molecule has 2 rings (SSSR count). The van der Waals surface area contributed by atoms with Gasteiger partial charge in [0.05, 0.1) is 7.11 Å². The largest absolute Gasteiger partial charge is 0.493 e. The summed E-state index contributed by atoms with van der Waals surface area (Å²) in [4.78, 5) is 11.5. The van der Waals surface area contributed by atoms with Crippen LogP contribution in [0.5, 0.6) is 11.5 Å². The molecule has 0 aliphatic heterocycles. The maximum atomic E-state index is 11.5. The van der Waals surface area contributed by atoms with E-state index in [2.05, 4.69) is 6.92 Å². The molecule has 1 saturated carbocycles. The van der Waals surface area contributed by atoms with Crippen molar-refractivity contribution in [3.63, 3.8) is 0 Å². The molecular formula is C14H18O3. The van der Waals surface area contributed by atoms with E-state index in [4.69, 9.17) is 9.47 Å². The van der Waals surface area contributed by atoms with Crippen LogP contribution in [0.2, 0.25) is 0 Å². The highest BCUT2D eigenvalue weighted by Crippen LogP contribution is 2.31. The minimum Gasteiger partial charge on any atom is -0.493 e. The molecule has 0 N–H and O–H groups in total. The second-order valence-corrected chi connectivity index (χ2v) is 4.37. The van der Waals surface area contributed by atoms with Gasteiger partial charge in [-0.25, -0.2) is 0 Å². The van der Waals surface area contributed by atoms with Gasteiger partial charge in [0.25, 0.3) is 0 Å². The summed E-state index contributed by atoms with van der Waals surface area (Å²) in [5.41, 5.74) is 1.20. The highest BCUT2D eigenvalue weighted by Gasteiger charge is 2.29. The molecule has 3 nitrogen and oxygen atoms in total. The Kier molecular flexibility index (Phi) is 3.67.